The van der Waals surface area contributed by atoms with E-state index >= 15 is 0 Å². The van der Waals surface area contributed by atoms with E-state index in [1.165, 1.54) is 32.6 Å². The third-order valence-corrected chi connectivity index (χ3v) is 2.17. The van der Waals surface area contributed by atoms with E-state index in [1.54, 1.807) is 0 Å². The van der Waals surface area contributed by atoms with E-state index in [9.17, 15) is 0 Å². The van der Waals surface area contributed by atoms with Crippen molar-refractivity contribution in [1.82, 2.24) is 10.2 Å². The molecule has 0 aromatic carbocycles. The summed E-state index contributed by atoms with van der Waals surface area (Å²) >= 11 is 0. The van der Waals surface area contributed by atoms with Crippen LogP contribution in [-0.4, -0.2) is 37.1 Å². The molecule has 2 aliphatic rings. The second kappa shape index (κ2) is 2.86. The maximum Gasteiger partial charge on any atom is 0.0345 e. The van der Waals surface area contributed by atoms with Crippen LogP contribution in [0.5, 0.6) is 0 Å². The first-order valence-corrected chi connectivity index (χ1v) is 3.41. The van der Waals surface area contributed by atoms with Gasteiger partial charge >= 0.3 is 0 Å². The van der Waals surface area contributed by atoms with E-state index in [1.807, 2.05) is 0 Å². The smallest absolute Gasteiger partial charge is 0.0345 e. The van der Waals surface area contributed by atoms with Crippen molar-refractivity contribution in [3.63, 3.8) is 0 Å². The van der Waals surface area contributed by atoms with Gasteiger partial charge in [0.2, 0.25) is 0 Å². The fourth-order valence-corrected chi connectivity index (χ4v) is 1.24. The van der Waals surface area contributed by atoms with Crippen LogP contribution in [0.1, 0.15) is 6.42 Å². The molecule has 0 aliphatic carbocycles. The lowest BCUT2D eigenvalue weighted by molar-refractivity contribution is 0.0827. The fraction of sp³-hybridized carbons (Fsp3) is 1.00. The lowest BCUT2D eigenvalue weighted by Crippen LogP contribution is -2.60. The molecule has 3 heteroatoms. The molecule has 0 bridgehead atoms. The lowest BCUT2D eigenvalue weighted by Gasteiger charge is -2.43. The zero-order valence-corrected chi connectivity index (χ0v) is 6.28. The van der Waals surface area contributed by atoms with Gasteiger partial charge in [-0.25, -0.2) is 0 Å². The van der Waals surface area contributed by atoms with Crippen molar-refractivity contribution in [3.05, 3.63) is 0 Å². The lowest BCUT2D eigenvalue weighted by atomic mass is 10.1. The van der Waals surface area contributed by atoms with Gasteiger partial charge in [-0.3, -0.25) is 4.90 Å². The van der Waals surface area contributed by atoms with E-state index < -0.39 is 0 Å². The highest BCUT2D eigenvalue weighted by Gasteiger charge is 2.27. The number of rotatable bonds is 1. The summed E-state index contributed by atoms with van der Waals surface area (Å²) < 4.78 is 0. The molecule has 2 heterocycles. The molecular weight excluding hydrogens is 136 g/mol. The van der Waals surface area contributed by atoms with Gasteiger partial charge in [0.25, 0.3) is 0 Å². The van der Waals surface area contributed by atoms with Gasteiger partial charge in [-0.15, -0.1) is 12.4 Å². The van der Waals surface area contributed by atoms with Gasteiger partial charge in [0.15, 0.2) is 0 Å². The number of halogens is 1. The van der Waals surface area contributed by atoms with Gasteiger partial charge in [0.1, 0.15) is 0 Å². The van der Waals surface area contributed by atoms with Gasteiger partial charge < -0.3 is 5.32 Å². The van der Waals surface area contributed by atoms with Crippen LogP contribution in [-0.2, 0) is 0 Å². The monoisotopic (exact) mass is 148 g/mol. The molecule has 2 rings (SSSR count). The van der Waals surface area contributed by atoms with Crippen LogP contribution in [0, 0.1) is 0 Å². The Balaban J connectivity index is 0.000000405. The molecule has 0 saturated carbocycles. The van der Waals surface area contributed by atoms with Crippen molar-refractivity contribution >= 4 is 12.4 Å². The molecule has 54 valence electrons. The molecule has 0 spiro atoms. The van der Waals surface area contributed by atoms with Gasteiger partial charge in [0.05, 0.1) is 0 Å². The summed E-state index contributed by atoms with van der Waals surface area (Å²) in [5.74, 6) is 0. The van der Waals surface area contributed by atoms with E-state index in [4.69, 9.17) is 0 Å². The van der Waals surface area contributed by atoms with E-state index in [-0.39, 0.29) is 12.4 Å². The molecule has 2 aliphatic heterocycles. The van der Waals surface area contributed by atoms with E-state index in [2.05, 4.69) is 10.2 Å². The molecule has 0 unspecified atom stereocenters. The molecule has 0 atom stereocenters. The van der Waals surface area contributed by atoms with Crippen molar-refractivity contribution in [2.45, 2.75) is 12.5 Å². The fourth-order valence-electron chi connectivity index (χ4n) is 1.24. The van der Waals surface area contributed by atoms with Crippen molar-refractivity contribution < 1.29 is 0 Å². The Labute approximate surface area is 62.0 Å². The quantitative estimate of drug-likeness (QED) is 0.567. The molecule has 9 heavy (non-hydrogen) atoms. The normalized spacial score (nSPS) is 28.0. The Hall–Kier alpha value is 0.210. The number of hydrogen-bond acceptors (Lipinski definition) is 2. The van der Waals surface area contributed by atoms with Crippen LogP contribution in [0.15, 0.2) is 0 Å². The minimum absolute atomic E-state index is 0. The maximum atomic E-state index is 3.27. The summed E-state index contributed by atoms with van der Waals surface area (Å²) in [7, 11) is 0. The molecule has 2 saturated heterocycles. The molecule has 1 N–H and O–H groups in total. The minimum atomic E-state index is 0. The largest absolute Gasteiger partial charge is 0.314 e. The second-order valence-corrected chi connectivity index (χ2v) is 2.70. The zero-order valence-electron chi connectivity index (χ0n) is 5.47. The van der Waals surface area contributed by atoms with Gasteiger partial charge in [0, 0.05) is 19.1 Å². The predicted octanol–water partition coefficient (Wildman–Crippen LogP) is 0.0857. The van der Waals surface area contributed by atoms with Crippen LogP contribution < -0.4 is 5.32 Å². The standard InChI is InChI=1S/C6H12N2.ClH/c1-2-8(3-1)6-4-7-5-6;/h6-7H,1-5H2;1H. The molecule has 2 fully saturated rings. The molecule has 0 amide bonds. The third kappa shape index (κ3) is 1.20. The summed E-state index contributed by atoms with van der Waals surface area (Å²) in [6.45, 7) is 5.18. The highest BCUT2D eigenvalue weighted by atomic mass is 35.5. The Kier molecular flexibility index (Phi) is 2.33. The first-order chi connectivity index (χ1) is 3.97. The second-order valence-electron chi connectivity index (χ2n) is 2.70. The van der Waals surface area contributed by atoms with E-state index in [0.29, 0.717) is 0 Å². The van der Waals surface area contributed by atoms with Crippen LogP contribution >= 0.6 is 12.4 Å². The highest BCUT2D eigenvalue weighted by Crippen LogP contribution is 2.13. The summed E-state index contributed by atoms with van der Waals surface area (Å²) in [6.07, 6.45) is 1.43. The SMILES string of the molecule is C1CN(C2CNC2)C1.Cl. The zero-order chi connectivity index (χ0) is 5.40. The third-order valence-electron chi connectivity index (χ3n) is 2.17. The topological polar surface area (TPSA) is 15.3 Å². The summed E-state index contributed by atoms with van der Waals surface area (Å²) in [6, 6.07) is 0.906. The maximum absolute atomic E-state index is 3.27. The number of nitrogens with zero attached hydrogens (tertiary/aromatic N) is 1. The summed E-state index contributed by atoms with van der Waals surface area (Å²) in [5.41, 5.74) is 0. The van der Waals surface area contributed by atoms with Gasteiger partial charge in [-0.2, -0.15) is 0 Å². The van der Waals surface area contributed by atoms with Gasteiger partial charge in [-0.05, 0) is 19.5 Å². The molecular formula is C6H13ClN2. The Morgan fingerprint density at radius 2 is 1.89 bits per heavy atom. The molecule has 0 aromatic rings. The average molecular weight is 149 g/mol. The Morgan fingerprint density at radius 1 is 1.22 bits per heavy atom. The number of likely N-dealkylation sites (tertiary alicyclic amines) is 1. The minimum Gasteiger partial charge on any atom is -0.314 e. The molecule has 0 radical (unpaired) electrons. The van der Waals surface area contributed by atoms with Crippen LogP contribution in [0.2, 0.25) is 0 Å². The van der Waals surface area contributed by atoms with Crippen molar-refractivity contribution in [2.75, 3.05) is 26.2 Å². The first-order valence-electron chi connectivity index (χ1n) is 3.41. The van der Waals surface area contributed by atoms with Crippen LogP contribution in [0.25, 0.3) is 0 Å². The van der Waals surface area contributed by atoms with Crippen LogP contribution in [0.3, 0.4) is 0 Å². The van der Waals surface area contributed by atoms with Crippen molar-refractivity contribution in [1.29, 1.82) is 0 Å². The van der Waals surface area contributed by atoms with E-state index in [0.717, 1.165) is 6.04 Å². The highest BCUT2D eigenvalue weighted by molar-refractivity contribution is 5.85. The summed E-state index contributed by atoms with van der Waals surface area (Å²) in [4.78, 5) is 2.55. The van der Waals surface area contributed by atoms with Gasteiger partial charge in [-0.1, -0.05) is 0 Å². The average Bonchev–Trinajstić information content (AvgIpc) is 1.47. The first kappa shape index (κ1) is 7.32. The van der Waals surface area contributed by atoms with Crippen molar-refractivity contribution in [2.24, 2.45) is 0 Å². The van der Waals surface area contributed by atoms with Crippen LogP contribution in [0.4, 0.5) is 0 Å². The number of nitrogens with one attached hydrogen (secondary N) is 1. The Bertz CT molecular complexity index is 77.1. The Morgan fingerprint density at radius 3 is 2.00 bits per heavy atom. The number of hydrogen-bond donors (Lipinski definition) is 1. The summed E-state index contributed by atoms with van der Waals surface area (Å²) in [5, 5.41) is 3.27. The van der Waals surface area contributed by atoms with Crippen molar-refractivity contribution in [3.8, 4) is 0 Å². The molecule has 2 nitrogen and oxygen atoms in total. The molecule has 0 aromatic heterocycles. The predicted molar refractivity (Wildman–Crippen MR) is 40.1 cm³/mol.